The molecule has 0 bridgehead atoms. The maximum Gasteiger partial charge on any atom is 0.0597 e. The summed E-state index contributed by atoms with van der Waals surface area (Å²) < 4.78 is 5.71. The van der Waals surface area contributed by atoms with Crippen molar-refractivity contribution in [2.75, 3.05) is 26.2 Å². The van der Waals surface area contributed by atoms with Crippen LogP contribution in [0.1, 0.15) is 47.5 Å². The van der Waals surface area contributed by atoms with Gasteiger partial charge < -0.3 is 10.1 Å². The summed E-state index contributed by atoms with van der Waals surface area (Å²) >= 11 is 0. The Bertz CT molecular complexity index is 219. The van der Waals surface area contributed by atoms with E-state index in [1.165, 1.54) is 19.4 Å². The number of nitrogens with one attached hydrogen (secondary N) is 1. The highest BCUT2D eigenvalue weighted by Crippen LogP contribution is 2.16. The standard InChI is InChI=1S/C15H32N2O/c1-6-7-14-11-17(8-9-18-13(4)5)15(10-16-14)12(2)3/h12-16H,6-11H2,1-5H3. The molecule has 1 saturated heterocycles. The summed E-state index contributed by atoms with van der Waals surface area (Å²) in [5, 5.41) is 3.70. The lowest BCUT2D eigenvalue weighted by Crippen LogP contribution is -2.58. The lowest BCUT2D eigenvalue weighted by molar-refractivity contribution is 0.0263. The Labute approximate surface area is 113 Å². The van der Waals surface area contributed by atoms with Gasteiger partial charge in [0.15, 0.2) is 0 Å². The van der Waals surface area contributed by atoms with E-state index in [4.69, 9.17) is 4.74 Å². The van der Waals surface area contributed by atoms with Crippen molar-refractivity contribution in [2.24, 2.45) is 5.92 Å². The Morgan fingerprint density at radius 3 is 2.56 bits per heavy atom. The fraction of sp³-hybridized carbons (Fsp3) is 1.00. The van der Waals surface area contributed by atoms with Gasteiger partial charge in [0.2, 0.25) is 0 Å². The van der Waals surface area contributed by atoms with E-state index in [-0.39, 0.29) is 0 Å². The van der Waals surface area contributed by atoms with Gasteiger partial charge in [-0.25, -0.2) is 0 Å². The van der Waals surface area contributed by atoms with Gasteiger partial charge in [-0.2, -0.15) is 0 Å². The summed E-state index contributed by atoms with van der Waals surface area (Å²) in [5.74, 6) is 0.708. The van der Waals surface area contributed by atoms with Crippen LogP contribution in [0.3, 0.4) is 0 Å². The van der Waals surface area contributed by atoms with Crippen molar-refractivity contribution in [2.45, 2.75) is 65.6 Å². The largest absolute Gasteiger partial charge is 0.377 e. The van der Waals surface area contributed by atoms with Crippen molar-refractivity contribution < 1.29 is 4.74 Å². The summed E-state index contributed by atoms with van der Waals surface area (Å²) in [6, 6.07) is 1.33. The van der Waals surface area contributed by atoms with Crippen LogP contribution >= 0.6 is 0 Å². The van der Waals surface area contributed by atoms with Crippen molar-refractivity contribution in [3.8, 4) is 0 Å². The summed E-state index contributed by atoms with van der Waals surface area (Å²) in [5.41, 5.74) is 0. The molecule has 2 unspecified atom stereocenters. The van der Waals surface area contributed by atoms with E-state index >= 15 is 0 Å². The second-order valence-electron chi connectivity index (χ2n) is 6.12. The molecule has 1 aliphatic rings. The Balaban J connectivity index is 2.44. The fourth-order valence-electron chi connectivity index (χ4n) is 2.76. The Hall–Kier alpha value is -0.120. The number of hydrogen-bond acceptors (Lipinski definition) is 3. The highest BCUT2D eigenvalue weighted by atomic mass is 16.5. The zero-order valence-electron chi connectivity index (χ0n) is 12.9. The van der Waals surface area contributed by atoms with Crippen molar-refractivity contribution in [1.29, 1.82) is 0 Å². The predicted molar refractivity (Wildman–Crippen MR) is 78.0 cm³/mol. The summed E-state index contributed by atoms with van der Waals surface area (Å²) in [4.78, 5) is 2.63. The van der Waals surface area contributed by atoms with Crippen LogP contribution in [0, 0.1) is 5.92 Å². The topological polar surface area (TPSA) is 24.5 Å². The molecule has 18 heavy (non-hydrogen) atoms. The Morgan fingerprint density at radius 2 is 2.00 bits per heavy atom. The van der Waals surface area contributed by atoms with E-state index in [1.54, 1.807) is 0 Å². The number of nitrogens with zero attached hydrogens (tertiary/aromatic N) is 1. The molecule has 0 aromatic carbocycles. The first-order valence-corrected chi connectivity index (χ1v) is 7.63. The Kier molecular flexibility index (Phi) is 7.20. The predicted octanol–water partition coefficient (Wildman–Crippen LogP) is 2.51. The van der Waals surface area contributed by atoms with Gasteiger partial charge in [-0.15, -0.1) is 0 Å². The van der Waals surface area contributed by atoms with Gasteiger partial charge >= 0.3 is 0 Å². The van der Waals surface area contributed by atoms with Crippen molar-refractivity contribution in [3.05, 3.63) is 0 Å². The third-order valence-corrected chi connectivity index (χ3v) is 3.78. The molecule has 0 radical (unpaired) electrons. The molecule has 0 aromatic heterocycles. The smallest absolute Gasteiger partial charge is 0.0597 e. The lowest BCUT2D eigenvalue weighted by Gasteiger charge is -2.42. The summed E-state index contributed by atoms with van der Waals surface area (Å²) in [7, 11) is 0. The van der Waals surface area contributed by atoms with Crippen LogP contribution in [-0.2, 0) is 4.74 Å². The van der Waals surface area contributed by atoms with Crippen LogP contribution < -0.4 is 5.32 Å². The molecule has 1 heterocycles. The van der Waals surface area contributed by atoms with Crippen molar-refractivity contribution >= 4 is 0 Å². The van der Waals surface area contributed by atoms with Gasteiger partial charge in [0.1, 0.15) is 0 Å². The average molecular weight is 256 g/mol. The van der Waals surface area contributed by atoms with Crippen LogP contribution in [0.15, 0.2) is 0 Å². The quantitative estimate of drug-likeness (QED) is 0.757. The molecule has 3 nitrogen and oxygen atoms in total. The molecule has 0 aliphatic carbocycles. The van der Waals surface area contributed by atoms with Crippen molar-refractivity contribution in [3.63, 3.8) is 0 Å². The molecule has 108 valence electrons. The molecule has 1 aliphatic heterocycles. The SMILES string of the molecule is CCCC1CN(CCOC(C)C)C(C(C)C)CN1. The lowest BCUT2D eigenvalue weighted by atomic mass is 9.97. The highest BCUT2D eigenvalue weighted by Gasteiger charge is 2.28. The zero-order valence-corrected chi connectivity index (χ0v) is 12.9. The summed E-state index contributed by atoms with van der Waals surface area (Å²) in [6.07, 6.45) is 2.89. The molecule has 0 amide bonds. The number of rotatable bonds is 7. The van der Waals surface area contributed by atoms with E-state index < -0.39 is 0 Å². The van der Waals surface area contributed by atoms with Gasteiger partial charge in [0.25, 0.3) is 0 Å². The maximum absolute atomic E-state index is 5.71. The minimum absolute atomic E-state index is 0.344. The normalized spacial score (nSPS) is 26.2. The average Bonchev–Trinajstić information content (AvgIpc) is 2.29. The van der Waals surface area contributed by atoms with Crippen LogP contribution in [-0.4, -0.2) is 49.3 Å². The van der Waals surface area contributed by atoms with Gasteiger partial charge in [-0.1, -0.05) is 27.2 Å². The van der Waals surface area contributed by atoms with E-state index in [0.717, 1.165) is 19.7 Å². The number of piperazine rings is 1. The first-order chi connectivity index (χ1) is 8.54. The molecular formula is C15H32N2O. The second-order valence-corrected chi connectivity index (χ2v) is 6.12. The Morgan fingerprint density at radius 1 is 1.28 bits per heavy atom. The van der Waals surface area contributed by atoms with Crippen LogP contribution in [0.2, 0.25) is 0 Å². The molecule has 3 heteroatoms. The minimum atomic E-state index is 0.344. The molecule has 0 aromatic rings. The van der Waals surface area contributed by atoms with Gasteiger partial charge in [-0.3, -0.25) is 4.90 Å². The zero-order chi connectivity index (χ0) is 13.5. The fourth-order valence-corrected chi connectivity index (χ4v) is 2.76. The van der Waals surface area contributed by atoms with E-state index in [1.807, 2.05) is 0 Å². The van der Waals surface area contributed by atoms with Crippen molar-refractivity contribution in [1.82, 2.24) is 10.2 Å². The molecule has 0 saturated carbocycles. The molecular weight excluding hydrogens is 224 g/mol. The van der Waals surface area contributed by atoms with Gasteiger partial charge in [-0.05, 0) is 26.2 Å². The van der Waals surface area contributed by atoms with Crippen LogP contribution in [0.4, 0.5) is 0 Å². The van der Waals surface area contributed by atoms with E-state index in [2.05, 4.69) is 44.8 Å². The molecule has 1 N–H and O–H groups in total. The third kappa shape index (κ3) is 5.25. The molecule has 1 fully saturated rings. The summed E-state index contributed by atoms with van der Waals surface area (Å²) in [6.45, 7) is 15.4. The van der Waals surface area contributed by atoms with E-state index in [9.17, 15) is 0 Å². The van der Waals surface area contributed by atoms with Gasteiger partial charge in [0.05, 0.1) is 12.7 Å². The second kappa shape index (κ2) is 8.13. The number of ether oxygens (including phenoxy) is 1. The van der Waals surface area contributed by atoms with Gasteiger partial charge in [0, 0.05) is 31.7 Å². The highest BCUT2D eigenvalue weighted by molar-refractivity contribution is 4.87. The first-order valence-electron chi connectivity index (χ1n) is 7.63. The van der Waals surface area contributed by atoms with Crippen LogP contribution in [0.5, 0.6) is 0 Å². The molecule has 0 spiro atoms. The molecule has 1 rings (SSSR count). The first kappa shape index (κ1) is 15.9. The number of hydrogen-bond donors (Lipinski definition) is 1. The monoisotopic (exact) mass is 256 g/mol. The minimum Gasteiger partial charge on any atom is -0.377 e. The molecule has 2 atom stereocenters. The van der Waals surface area contributed by atoms with E-state index in [0.29, 0.717) is 24.1 Å². The third-order valence-electron chi connectivity index (χ3n) is 3.78. The maximum atomic E-state index is 5.71. The van der Waals surface area contributed by atoms with Crippen LogP contribution in [0.25, 0.3) is 0 Å².